The van der Waals surface area contributed by atoms with Gasteiger partial charge < -0.3 is 5.73 Å². The van der Waals surface area contributed by atoms with Gasteiger partial charge in [0.05, 0.1) is 0 Å². The van der Waals surface area contributed by atoms with Crippen LogP contribution < -0.4 is 5.73 Å². The van der Waals surface area contributed by atoms with Crippen molar-refractivity contribution in [2.75, 3.05) is 0 Å². The standard InChI is InChI=1S/C10H15NO2/c11-9(13)7-1-3-10(4-2-7)5-8(12)6-10/h7H,1-6H2,(H2,11,13). The third-order valence-electron chi connectivity index (χ3n) is 3.59. The Labute approximate surface area is 77.7 Å². The molecule has 2 fully saturated rings. The lowest BCUT2D eigenvalue weighted by Crippen LogP contribution is -2.42. The Morgan fingerprint density at radius 1 is 1.31 bits per heavy atom. The molecule has 0 bridgehead atoms. The van der Waals surface area contributed by atoms with Crippen molar-refractivity contribution in [3.63, 3.8) is 0 Å². The van der Waals surface area contributed by atoms with E-state index in [0.29, 0.717) is 5.78 Å². The Kier molecular flexibility index (Phi) is 1.90. The summed E-state index contributed by atoms with van der Waals surface area (Å²) >= 11 is 0. The summed E-state index contributed by atoms with van der Waals surface area (Å²) in [4.78, 5) is 21.8. The van der Waals surface area contributed by atoms with E-state index in [4.69, 9.17) is 5.73 Å². The van der Waals surface area contributed by atoms with Crippen LogP contribution in [0.15, 0.2) is 0 Å². The van der Waals surface area contributed by atoms with Crippen LogP contribution in [0.2, 0.25) is 0 Å². The lowest BCUT2D eigenvalue weighted by molar-refractivity contribution is -0.136. The van der Waals surface area contributed by atoms with Gasteiger partial charge in [-0.3, -0.25) is 9.59 Å². The highest BCUT2D eigenvalue weighted by Crippen LogP contribution is 2.50. The van der Waals surface area contributed by atoms with E-state index in [2.05, 4.69) is 0 Å². The molecular formula is C10H15NO2. The molecule has 0 heterocycles. The maximum absolute atomic E-state index is 10.9. The van der Waals surface area contributed by atoms with E-state index in [-0.39, 0.29) is 17.2 Å². The number of hydrogen-bond donors (Lipinski definition) is 1. The van der Waals surface area contributed by atoms with Gasteiger partial charge in [0.15, 0.2) is 0 Å². The lowest BCUT2D eigenvalue weighted by Gasteiger charge is -2.45. The minimum absolute atomic E-state index is 0.0707. The van der Waals surface area contributed by atoms with E-state index >= 15 is 0 Å². The Hall–Kier alpha value is -0.860. The maximum Gasteiger partial charge on any atom is 0.220 e. The zero-order valence-corrected chi connectivity index (χ0v) is 7.71. The Bertz CT molecular complexity index is 242. The van der Waals surface area contributed by atoms with Crippen molar-refractivity contribution in [2.45, 2.75) is 38.5 Å². The van der Waals surface area contributed by atoms with Gasteiger partial charge in [-0.1, -0.05) is 0 Å². The highest BCUT2D eigenvalue weighted by atomic mass is 16.1. The predicted octanol–water partition coefficient (Wildman–Crippen LogP) is 1.01. The molecule has 0 aromatic carbocycles. The van der Waals surface area contributed by atoms with Crippen molar-refractivity contribution in [3.8, 4) is 0 Å². The molecule has 72 valence electrons. The first-order valence-electron chi connectivity index (χ1n) is 4.92. The van der Waals surface area contributed by atoms with E-state index in [1.54, 1.807) is 0 Å². The molecule has 0 aromatic rings. The van der Waals surface area contributed by atoms with Crippen LogP contribution in [-0.4, -0.2) is 11.7 Å². The van der Waals surface area contributed by atoms with Crippen molar-refractivity contribution in [1.29, 1.82) is 0 Å². The van der Waals surface area contributed by atoms with E-state index in [1.807, 2.05) is 0 Å². The summed E-state index contributed by atoms with van der Waals surface area (Å²) in [5.41, 5.74) is 5.52. The molecule has 1 spiro atoms. The molecule has 2 rings (SSSR count). The van der Waals surface area contributed by atoms with Crippen molar-refractivity contribution in [3.05, 3.63) is 0 Å². The van der Waals surface area contributed by atoms with Gasteiger partial charge >= 0.3 is 0 Å². The number of hydrogen-bond acceptors (Lipinski definition) is 2. The molecule has 0 aromatic heterocycles. The number of rotatable bonds is 1. The Morgan fingerprint density at radius 2 is 1.85 bits per heavy atom. The fourth-order valence-corrected chi connectivity index (χ4v) is 2.65. The fourth-order valence-electron chi connectivity index (χ4n) is 2.65. The van der Waals surface area contributed by atoms with Gasteiger partial charge in [0.25, 0.3) is 0 Å². The molecule has 2 saturated carbocycles. The number of carbonyl (C=O) groups is 2. The van der Waals surface area contributed by atoms with E-state index in [1.165, 1.54) is 0 Å². The van der Waals surface area contributed by atoms with E-state index in [0.717, 1.165) is 38.5 Å². The van der Waals surface area contributed by atoms with Crippen LogP contribution in [0, 0.1) is 11.3 Å². The first-order valence-corrected chi connectivity index (χ1v) is 4.92. The van der Waals surface area contributed by atoms with Crippen LogP contribution in [0.25, 0.3) is 0 Å². The van der Waals surface area contributed by atoms with Crippen LogP contribution in [-0.2, 0) is 9.59 Å². The molecule has 2 aliphatic rings. The number of carbonyl (C=O) groups excluding carboxylic acids is 2. The van der Waals surface area contributed by atoms with Crippen molar-refractivity contribution in [2.24, 2.45) is 17.1 Å². The van der Waals surface area contributed by atoms with Crippen LogP contribution >= 0.6 is 0 Å². The minimum Gasteiger partial charge on any atom is -0.369 e. The molecule has 0 aliphatic heterocycles. The van der Waals surface area contributed by atoms with Crippen molar-refractivity contribution in [1.82, 2.24) is 0 Å². The Balaban J connectivity index is 1.90. The topological polar surface area (TPSA) is 60.2 Å². The minimum atomic E-state index is -0.166. The molecular weight excluding hydrogens is 166 g/mol. The number of ketones is 1. The number of amides is 1. The molecule has 0 atom stereocenters. The third-order valence-corrected chi connectivity index (χ3v) is 3.59. The second-order valence-electron chi connectivity index (χ2n) is 4.57. The fraction of sp³-hybridized carbons (Fsp3) is 0.800. The SMILES string of the molecule is NC(=O)C1CCC2(CC1)CC(=O)C2. The summed E-state index contributed by atoms with van der Waals surface area (Å²) in [5.74, 6) is 0.291. The van der Waals surface area contributed by atoms with Crippen molar-refractivity contribution >= 4 is 11.7 Å². The number of nitrogens with two attached hydrogens (primary N) is 1. The van der Waals surface area contributed by atoms with Gasteiger partial charge in [-0.05, 0) is 31.1 Å². The van der Waals surface area contributed by atoms with Gasteiger partial charge in [0, 0.05) is 18.8 Å². The summed E-state index contributed by atoms with van der Waals surface area (Å²) in [6.45, 7) is 0. The summed E-state index contributed by atoms with van der Waals surface area (Å²) in [5, 5.41) is 0. The van der Waals surface area contributed by atoms with Crippen molar-refractivity contribution < 1.29 is 9.59 Å². The van der Waals surface area contributed by atoms with Crippen LogP contribution in [0.1, 0.15) is 38.5 Å². The normalized spacial score (nSPS) is 27.2. The molecule has 13 heavy (non-hydrogen) atoms. The van der Waals surface area contributed by atoms with Gasteiger partial charge in [-0.2, -0.15) is 0 Å². The molecule has 0 unspecified atom stereocenters. The smallest absolute Gasteiger partial charge is 0.220 e. The largest absolute Gasteiger partial charge is 0.369 e. The van der Waals surface area contributed by atoms with Gasteiger partial charge in [0.1, 0.15) is 5.78 Å². The zero-order valence-electron chi connectivity index (χ0n) is 7.71. The second-order valence-corrected chi connectivity index (χ2v) is 4.57. The highest BCUT2D eigenvalue weighted by molar-refractivity contribution is 5.86. The van der Waals surface area contributed by atoms with E-state index in [9.17, 15) is 9.59 Å². The highest BCUT2D eigenvalue weighted by Gasteiger charge is 2.45. The Morgan fingerprint density at radius 3 is 2.23 bits per heavy atom. The van der Waals surface area contributed by atoms with Gasteiger partial charge in [-0.15, -0.1) is 0 Å². The molecule has 1 amide bonds. The predicted molar refractivity (Wildman–Crippen MR) is 47.8 cm³/mol. The van der Waals surface area contributed by atoms with Crippen LogP contribution in [0.3, 0.4) is 0 Å². The molecule has 3 nitrogen and oxygen atoms in total. The van der Waals surface area contributed by atoms with Gasteiger partial charge in [0.2, 0.25) is 5.91 Å². The quantitative estimate of drug-likeness (QED) is 0.656. The van der Waals surface area contributed by atoms with Crippen LogP contribution in [0.5, 0.6) is 0 Å². The average molecular weight is 181 g/mol. The second kappa shape index (κ2) is 2.82. The molecule has 0 saturated heterocycles. The number of Topliss-reactive ketones (excluding diaryl/α,β-unsaturated/α-hetero) is 1. The molecule has 0 radical (unpaired) electrons. The first kappa shape index (κ1) is 8.73. The number of primary amides is 1. The third kappa shape index (κ3) is 1.47. The lowest BCUT2D eigenvalue weighted by atomic mass is 9.58. The first-order chi connectivity index (χ1) is 6.11. The molecule has 2 N–H and O–H groups in total. The monoisotopic (exact) mass is 181 g/mol. The maximum atomic E-state index is 10.9. The van der Waals surface area contributed by atoms with Crippen LogP contribution in [0.4, 0.5) is 0 Å². The average Bonchev–Trinajstić information content (AvgIpc) is 2.03. The summed E-state index contributed by atoms with van der Waals surface area (Å²) in [6, 6.07) is 0. The summed E-state index contributed by atoms with van der Waals surface area (Å²) in [6.07, 6.45) is 5.32. The zero-order chi connectivity index (χ0) is 9.47. The molecule has 2 aliphatic carbocycles. The van der Waals surface area contributed by atoms with Gasteiger partial charge in [-0.25, -0.2) is 0 Å². The summed E-state index contributed by atoms with van der Waals surface area (Å²) in [7, 11) is 0. The molecule has 3 heteroatoms. The van der Waals surface area contributed by atoms with E-state index < -0.39 is 0 Å². The summed E-state index contributed by atoms with van der Waals surface area (Å²) < 4.78 is 0.